The Balaban J connectivity index is 1.37. The molecular formula is C29H32N2O2S. The predicted molar refractivity (Wildman–Crippen MR) is 139 cm³/mol. The third kappa shape index (κ3) is 3.57. The van der Waals surface area contributed by atoms with Gasteiger partial charge in [0.05, 0.1) is 10.9 Å². The number of nitrogens with one attached hydrogen (secondary N) is 1. The van der Waals surface area contributed by atoms with E-state index in [9.17, 15) is 8.42 Å². The first kappa shape index (κ1) is 21.9. The molecule has 6 rings (SSSR count). The lowest BCUT2D eigenvalue weighted by Crippen LogP contribution is -2.38. The van der Waals surface area contributed by atoms with Crippen LogP contribution in [-0.4, -0.2) is 25.8 Å². The number of anilines is 1. The quantitative estimate of drug-likeness (QED) is 0.434. The predicted octanol–water partition coefficient (Wildman–Crippen LogP) is 6.62. The zero-order chi connectivity index (χ0) is 23.3. The Labute approximate surface area is 202 Å². The van der Waals surface area contributed by atoms with Crippen molar-refractivity contribution in [1.29, 1.82) is 0 Å². The molecule has 1 saturated carbocycles. The Morgan fingerprint density at radius 1 is 0.912 bits per heavy atom. The lowest BCUT2D eigenvalue weighted by Gasteiger charge is -2.38. The summed E-state index contributed by atoms with van der Waals surface area (Å²) in [6, 6.07) is 21.1. The summed E-state index contributed by atoms with van der Waals surface area (Å²) in [5, 5.41) is 6.33. The van der Waals surface area contributed by atoms with E-state index in [2.05, 4.69) is 59.9 Å². The molecular weight excluding hydrogens is 440 g/mol. The third-order valence-electron chi connectivity index (χ3n) is 8.26. The third-order valence-corrected chi connectivity index (χ3v) is 10.2. The number of fused-ring (bicyclic) bond motifs is 4. The van der Waals surface area contributed by atoms with Crippen LogP contribution in [-0.2, 0) is 10.0 Å². The van der Waals surface area contributed by atoms with Crippen LogP contribution >= 0.6 is 0 Å². The molecule has 2 aliphatic carbocycles. The van der Waals surface area contributed by atoms with Gasteiger partial charge in [0.1, 0.15) is 0 Å². The van der Waals surface area contributed by atoms with Crippen LogP contribution in [0.1, 0.15) is 61.6 Å². The van der Waals surface area contributed by atoms with E-state index in [0.717, 1.165) is 43.4 Å². The second-order valence-corrected chi connectivity index (χ2v) is 12.1. The highest BCUT2D eigenvalue weighted by molar-refractivity contribution is 7.89. The van der Waals surface area contributed by atoms with Crippen molar-refractivity contribution in [2.24, 2.45) is 5.92 Å². The fourth-order valence-corrected chi connectivity index (χ4v) is 7.82. The lowest BCUT2D eigenvalue weighted by molar-refractivity contribution is 0.286. The molecule has 0 bridgehead atoms. The van der Waals surface area contributed by atoms with Crippen LogP contribution in [0.25, 0.3) is 10.8 Å². The summed E-state index contributed by atoms with van der Waals surface area (Å²) in [7, 11) is -1.75. The first-order valence-corrected chi connectivity index (χ1v) is 14.0. The van der Waals surface area contributed by atoms with Crippen molar-refractivity contribution in [1.82, 2.24) is 4.31 Å². The van der Waals surface area contributed by atoms with E-state index >= 15 is 0 Å². The molecule has 34 heavy (non-hydrogen) atoms. The van der Waals surface area contributed by atoms with Gasteiger partial charge in [-0.1, -0.05) is 73.9 Å². The van der Waals surface area contributed by atoms with Crippen molar-refractivity contribution in [2.75, 3.05) is 12.4 Å². The summed E-state index contributed by atoms with van der Waals surface area (Å²) in [5.41, 5.74) is 3.47. The maximum absolute atomic E-state index is 13.5. The number of hydrogen-bond acceptors (Lipinski definition) is 3. The number of nitrogens with zero attached hydrogens (tertiary/aromatic N) is 1. The molecule has 3 unspecified atom stereocenters. The van der Waals surface area contributed by atoms with Gasteiger partial charge in [0.25, 0.3) is 0 Å². The minimum absolute atomic E-state index is 0.114. The fraction of sp³-hybridized carbons (Fsp3) is 0.379. The molecule has 1 aliphatic heterocycles. The van der Waals surface area contributed by atoms with Crippen LogP contribution in [0.3, 0.4) is 0 Å². The molecule has 3 aromatic rings. The molecule has 3 aliphatic rings. The van der Waals surface area contributed by atoms with Crippen molar-refractivity contribution in [3.63, 3.8) is 0 Å². The zero-order valence-corrected chi connectivity index (χ0v) is 20.5. The van der Waals surface area contributed by atoms with Gasteiger partial charge in [0.15, 0.2) is 0 Å². The molecule has 0 radical (unpaired) electrons. The maximum atomic E-state index is 13.5. The van der Waals surface area contributed by atoms with Crippen molar-refractivity contribution >= 4 is 26.5 Å². The van der Waals surface area contributed by atoms with Gasteiger partial charge in [-0.2, -0.15) is 4.31 Å². The Hall–Kier alpha value is -2.63. The van der Waals surface area contributed by atoms with Gasteiger partial charge in [0, 0.05) is 24.7 Å². The van der Waals surface area contributed by atoms with E-state index in [0.29, 0.717) is 10.8 Å². The number of benzene rings is 3. The van der Waals surface area contributed by atoms with Crippen molar-refractivity contribution in [3.8, 4) is 0 Å². The van der Waals surface area contributed by atoms with Crippen LogP contribution in [0, 0.1) is 5.92 Å². The normalized spacial score (nSPS) is 24.7. The summed E-state index contributed by atoms with van der Waals surface area (Å²) in [6.45, 7) is 0. The molecule has 1 N–H and O–H groups in total. The van der Waals surface area contributed by atoms with Gasteiger partial charge < -0.3 is 5.32 Å². The molecule has 1 fully saturated rings. The molecule has 0 amide bonds. The highest BCUT2D eigenvalue weighted by atomic mass is 32.2. The molecule has 5 heteroatoms. The Kier molecular flexibility index (Phi) is 5.50. The van der Waals surface area contributed by atoms with Crippen LogP contribution < -0.4 is 5.32 Å². The molecule has 0 aromatic heterocycles. The van der Waals surface area contributed by atoms with Gasteiger partial charge in [-0.05, 0) is 65.3 Å². The second kappa shape index (κ2) is 8.54. The summed E-state index contributed by atoms with van der Waals surface area (Å²) < 4.78 is 28.7. The molecule has 3 atom stereocenters. The molecule has 176 valence electrons. The van der Waals surface area contributed by atoms with Gasteiger partial charge in [-0.3, -0.25) is 0 Å². The maximum Gasteiger partial charge on any atom is 0.243 e. The number of sulfonamides is 1. The number of allylic oxidation sites excluding steroid dienone is 2. The highest BCUT2D eigenvalue weighted by Gasteiger charge is 2.39. The van der Waals surface area contributed by atoms with Gasteiger partial charge in [-0.15, -0.1) is 0 Å². The van der Waals surface area contributed by atoms with Crippen molar-refractivity contribution in [2.45, 2.75) is 61.4 Å². The standard InChI is InChI=1S/C29H32N2O2S/c1-31(21-11-3-2-4-12-21)34(32,33)22-17-18-28-27(19-22)24-14-8-16-26(24)29(30-28)25-15-7-10-20-9-5-6-13-23(20)25/h5-10,13-15,17-19,21,24,26,29-30H,2-4,11-12,16H2,1H3. The second-order valence-electron chi connectivity index (χ2n) is 10.1. The van der Waals surface area contributed by atoms with E-state index in [-0.39, 0.29) is 18.0 Å². The molecule has 1 heterocycles. The van der Waals surface area contributed by atoms with Crippen LogP contribution in [0.5, 0.6) is 0 Å². The fourth-order valence-electron chi connectivity index (χ4n) is 6.37. The van der Waals surface area contributed by atoms with Gasteiger partial charge in [-0.25, -0.2) is 8.42 Å². The number of hydrogen-bond donors (Lipinski definition) is 1. The first-order valence-electron chi connectivity index (χ1n) is 12.6. The average molecular weight is 473 g/mol. The Morgan fingerprint density at radius 2 is 1.71 bits per heavy atom. The SMILES string of the molecule is CN(C1CCCCC1)S(=O)(=O)c1ccc2c(c1)C1C=CCC1C(c1cccc3ccccc13)N2. The minimum atomic E-state index is -3.51. The average Bonchev–Trinajstić information content (AvgIpc) is 3.38. The van der Waals surface area contributed by atoms with E-state index in [4.69, 9.17) is 0 Å². The van der Waals surface area contributed by atoms with E-state index in [1.165, 1.54) is 22.8 Å². The van der Waals surface area contributed by atoms with E-state index in [1.807, 2.05) is 12.1 Å². The number of rotatable bonds is 4. The monoisotopic (exact) mass is 472 g/mol. The van der Waals surface area contributed by atoms with Crippen molar-refractivity contribution < 1.29 is 8.42 Å². The molecule has 4 nitrogen and oxygen atoms in total. The summed E-state index contributed by atoms with van der Waals surface area (Å²) in [5.74, 6) is 0.586. The van der Waals surface area contributed by atoms with Crippen LogP contribution in [0.4, 0.5) is 5.69 Å². The zero-order valence-electron chi connectivity index (χ0n) is 19.7. The van der Waals surface area contributed by atoms with Crippen LogP contribution in [0.2, 0.25) is 0 Å². The summed E-state index contributed by atoms with van der Waals surface area (Å²) in [4.78, 5) is 0.420. The topological polar surface area (TPSA) is 49.4 Å². The molecule has 0 saturated heterocycles. The van der Waals surface area contributed by atoms with E-state index in [1.54, 1.807) is 17.4 Å². The Morgan fingerprint density at radius 3 is 2.56 bits per heavy atom. The van der Waals surface area contributed by atoms with Crippen molar-refractivity contribution in [3.05, 3.63) is 83.9 Å². The van der Waals surface area contributed by atoms with Gasteiger partial charge in [0.2, 0.25) is 10.0 Å². The highest BCUT2D eigenvalue weighted by Crippen LogP contribution is 2.51. The smallest absolute Gasteiger partial charge is 0.243 e. The van der Waals surface area contributed by atoms with Gasteiger partial charge >= 0.3 is 0 Å². The summed E-state index contributed by atoms with van der Waals surface area (Å²) >= 11 is 0. The molecule has 0 spiro atoms. The first-order chi connectivity index (χ1) is 16.5. The largest absolute Gasteiger partial charge is 0.378 e. The lowest BCUT2D eigenvalue weighted by atomic mass is 9.76. The molecule has 3 aromatic carbocycles. The summed E-state index contributed by atoms with van der Waals surface area (Å²) in [6.07, 6.45) is 10.9. The minimum Gasteiger partial charge on any atom is -0.378 e. The van der Waals surface area contributed by atoms with E-state index < -0.39 is 10.0 Å². The Bertz CT molecular complexity index is 1350. The van der Waals surface area contributed by atoms with Crippen LogP contribution in [0.15, 0.2) is 77.7 Å².